The number of hydrazine groups is 1. The molecule has 1 fully saturated rings. The molecule has 0 spiro atoms. The van der Waals surface area contributed by atoms with Gasteiger partial charge in [0.05, 0.1) is 12.3 Å². The minimum absolute atomic E-state index is 0.0262. The number of guanidine groups is 1. The fraction of sp³-hybridized carbons (Fsp3) is 0.519. The number of ether oxygens (including phenoxy) is 1. The Kier molecular flexibility index (Phi) is 9.73. The molecule has 0 amide bonds. The third-order valence-electron chi connectivity index (χ3n) is 6.78. The van der Waals surface area contributed by atoms with Crippen LogP contribution in [0.2, 0.25) is 10.0 Å². The van der Waals surface area contributed by atoms with Gasteiger partial charge >= 0.3 is 0 Å². The molecule has 9 heteroatoms. The Labute approximate surface area is 224 Å². The summed E-state index contributed by atoms with van der Waals surface area (Å²) in [5, 5.41) is 21.5. The van der Waals surface area contributed by atoms with E-state index in [0.29, 0.717) is 34.2 Å². The summed E-state index contributed by atoms with van der Waals surface area (Å²) in [6, 6.07) is 13.4. The summed E-state index contributed by atoms with van der Waals surface area (Å²) >= 11 is 12.5. The molecule has 2 aliphatic rings. The van der Waals surface area contributed by atoms with Crippen LogP contribution in [0.5, 0.6) is 0 Å². The molecule has 0 aromatic heterocycles. The third kappa shape index (κ3) is 7.05. The fourth-order valence-electron chi connectivity index (χ4n) is 5.01. The van der Waals surface area contributed by atoms with Crippen molar-refractivity contribution in [3.05, 3.63) is 63.6 Å². The van der Waals surface area contributed by atoms with E-state index in [4.69, 9.17) is 27.9 Å². The molecule has 1 aliphatic heterocycles. The van der Waals surface area contributed by atoms with E-state index in [0.717, 1.165) is 24.1 Å². The Hall–Kier alpha value is -2.03. The van der Waals surface area contributed by atoms with E-state index in [1.54, 1.807) is 19.2 Å². The summed E-state index contributed by atoms with van der Waals surface area (Å²) in [4.78, 5) is 4.63. The minimum Gasteiger partial charge on any atom is -0.383 e. The number of aliphatic hydroxyl groups is 1. The van der Waals surface area contributed by atoms with Crippen LogP contribution in [0.4, 0.5) is 5.69 Å². The van der Waals surface area contributed by atoms with E-state index in [1.165, 1.54) is 32.1 Å². The van der Waals surface area contributed by atoms with Crippen molar-refractivity contribution in [2.45, 2.75) is 76.3 Å². The molecule has 3 atom stereocenters. The molecule has 2 aromatic carbocycles. The smallest absolute Gasteiger partial charge is 0.195 e. The van der Waals surface area contributed by atoms with Gasteiger partial charge in [-0.05, 0) is 44.0 Å². The van der Waals surface area contributed by atoms with E-state index in [1.807, 2.05) is 31.2 Å². The molecule has 1 aliphatic carbocycles. The van der Waals surface area contributed by atoms with Crippen molar-refractivity contribution in [3.63, 3.8) is 0 Å². The number of aliphatic hydroxyl groups excluding tert-OH is 1. The first-order valence-corrected chi connectivity index (χ1v) is 13.6. The number of nitrogens with one attached hydrogen (secondary N) is 3. The summed E-state index contributed by atoms with van der Waals surface area (Å²) in [5.74, 6) is 0.484. The molecule has 0 radical (unpaired) electrons. The van der Waals surface area contributed by atoms with Crippen molar-refractivity contribution < 1.29 is 9.84 Å². The van der Waals surface area contributed by atoms with Crippen molar-refractivity contribution >= 4 is 34.8 Å². The SMILES string of the molecule is COC[C@H](C)N/C(=N/C(O)c1cccc(Cl)c1)NC1c2ccc(Cl)cc2NN1C1CCCCCCC1. The lowest BCUT2D eigenvalue weighted by atomic mass is 9.96. The van der Waals surface area contributed by atoms with Gasteiger partial charge in [0.2, 0.25) is 0 Å². The van der Waals surface area contributed by atoms with Crippen molar-refractivity contribution in [2.24, 2.45) is 4.99 Å². The van der Waals surface area contributed by atoms with Gasteiger partial charge in [0.25, 0.3) is 0 Å². The minimum atomic E-state index is -1.08. The summed E-state index contributed by atoms with van der Waals surface area (Å²) < 4.78 is 5.33. The molecule has 4 rings (SSSR count). The summed E-state index contributed by atoms with van der Waals surface area (Å²) in [7, 11) is 1.67. The normalized spacial score (nSPS) is 21.1. The highest BCUT2D eigenvalue weighted by atomic mass is 35.5. The van der Waals surface area contributed by atoms with Crippen LogP contribution in [0.1, 0.15) is 75.4 Å². The number of halogens is 2. The maximum atomic E-state index is 10.9. The van der Waals surface area contributed by atoms with Gasteiger partial charge in [-0.3, -0.25) is 0 Å². The number of hydrogen-bond acceptors (Lipinski definition) is 5. The number of nitrogens with zero attached hydrogens (tertiary/aromatic N) is 2. The van der Waals surface area contributed by atoms with Gasteiger partial charge in [0.1, 0.15) is 6.17 Å². The number of methoxy groups -OCH3 is 1. The number of benzene rings is 2. The first-order valence-electron chi connectivity index (χ1n) is 12.8. The number of hydrogen-bond donors (Lipinski definition) is 4. The second-order valence-corrected chi connectivity index (χ2v) is 10.6. The van der Waals surface area contributed by atoms with Crippen LogP contribution in [0.3, 0.4) is 0 Å². The molecule has 36 heavy (non-hydrogen) atoms. The quantitative estimate of drug-likeness (QED) is 0.258. The van der Waals surface area contributed by atoms with Gasteiger partial charge in [-0.2, -0.15) is 5.01 Å². The molecule has 1 heterocycles. The van der Waals surface area contributed by atoms with Gasteiger partial charge in [-0.1, -0.05) is 73.5 Å². The molecular weight excluding hydrogens is 497 g/mol. The van der Waals surface area contributed by atoms with E-state index in [9.17, 15) is 5.11 Å². The molecule has 2 aromatic rings. The predicted octanol–water partition coefficient (Wildman–Crippen LogP) is 6.01. The lowest BCUT2D eigenvalue weighted by molar-refractivity contribution is 0.144. The van der Waals surface area contributed by atoms with Crippen molar-refractivity contribution in [3.8, 4) is 0 Å². The highest BCUT2D eigenvalue weighted by Crippen LogP contribution is 2.39. The van der Waals surface area contributed by atoms with Crippen molar-refractivity contribution in [1.29, 1.82) is 0 Å². The Morgan fingerprint density at radius 2 is 1.83 bits per heavy atom. The lowest BCUT2D eigenvalue weighted by Crippen LogP contribution is -2.51. The molecule has 1 saturated carbocycles. The zero-order valence-corrected chi connectivity index (χ0v) is 22.5. The maximum Gasteiger partial charge on any atom is 0.195 e. The lowest BCUT2D eigenvalue weighted by Gasteiger charge is -2.35. The van der Waals surface area contributed by atoms with Gasteiger partial charge in [-0.25, -0.2) is 4.99 Å². The van der Waals surface area contributed by atoms with Gasteiger partial charge in [-0.15, -0.1) is 0 Å². The summed E-state index contributed by atoms with van der Waals surface area (Å²) in [6.07, 6.45) is 7.27. The molecule has 0 bridgehead atoms. The van der Waals surface area contributed by atoms with Crippen molar-refractivity contribution in [1.82, 2.24) is 15.6 Å². The van der Waals surface area contributed by atoms with Gasteiger partial charge < -0.3 is 25.9 Å². The predicted molar refractivity (Wildman–Crippen MR) is 147 cm³/mol. The largest absolute Gasteiger partial charge is 0.383 e. The zero-order valence-electron chi connectivity index (χ0n) is 21.0. The molecule has 196 valence electrons. The average molecular weight is 535 g/mol. The van der Waals surface area contributed by atoms with E-state index in [-0.39, 0.29) is 12.2 Å². The first kappa shape index (κ1) is 27.0. The molecule has 4 N–H and O–H groups in total. The first-order chi connectivity index (χ1) is 17.4. The standard InChI is InChI=1S/C27H37Cl2N5O2/c1-18(17-36-2)30-27(32-26(35)19-9-8-10-20(28)15-19)31-25-23-14-13-21(29)16-24(23)33-34(25)22-11-6-4-3-5-7-12-22/h8-10,13-16,18,22,25-26,33,35H,3-7,11-12,17H2,1-2H3,(H2,30,31,32)/t18-,25?,26?/m0/s1. The van der Waals surface area contributed by atoms with Crippen LogP contribution in [-0.4, -0.2) is 41.9 Å². The second kappa shape index (κ2) is 13.0. The molecule has 2 unspecified atom stereocenters. The van der Waals surface area contributed by atoms with Crippen LogP contribution in [-0.2, 0) is 4.74 Å². The molecule has 0 saturated heterocycles. The van der Waals surface area contributed by atoms with Gasteiger partial charge in [0, 0.05) is 40.4 Å². The number of rotatable bonds is 7. The molecule has 7 nitrogen and oxygen atoms in total. The number of anilines is 1. The van der Waals surface area contributed by atoms with Crippen LogP contribution < -0.4 is 16.1 Å². The zero-order chi connectivity index (χ0) is 25.5. The van der Waals surface area contributed by atoms with Crippen LogP contribution in [0.25, 0.3) is 0 Å². The highest BCUT2D eigenvalue weighted by molar-refractivity contribution is 6.31. The van der Waals surface area contributed by atoms with Crippen molar-refractivity contribution in [2.75, 3.05) is 19.1 Å². The Bertz CT molecular complexity index is 1030. The average Bonchev–Trinajstić information content (AvgIpc) is 3.16. The third-order valence-corrected chi connectivity index (χ3v) is 7.25. The van der Waals surface area contributed by atoms with E-state index < -0.39 is 6.23 Å². The highest BCUT2D eigenvalue weighted by Gasteiger charge is 2.36. The summed E-state index contributed by atoms with van der Waals surface area (Å²) in [6.45, 7) is 2.51. The summed E-state index contributed by atoms with van der Waals surface area (Å²) in [5.41, 5.74) is 6.32. The Morgan fingerprint density at radius 1 is 1.11 bits per heavy atom. The van der Waals surface area contributed by atoms with Crippen LogP contribution in [0, 0.1) is 0 Å². The van der Waals surface area contributed by atoms with E-state index in [2.05, 4.69) is 32.1 Å². The monoisotopic (exact) mass is 533 g/mol. The number of aliphatic imine (C=N–C) groups is 1. The van der Waals surface area contributed by atoms with Crippen LogP contribution >= 0.6 is 23.2 Å². The van der Waals surface area contributed by atoms with Gasteiger partial charge in [0.15, 0.2) is 12.2 Å². The number of fused-ring (bicyclic) bond motifs is 1. The Morgan fingerprint density at radius 3 is 2.56 bits per heavy atom. The second-order valence-electron chi connectivity index (χ2n) is 9.70. The molecular formula is C27H37Cl2N5O2. The Balaban J connectivity index is 1.64. The van der Waals surface area contributed by atoms with Crippen LogP contribution in [0.15, 0.2) is 47.5 Å². The topological polar surface area (TPSA) is 81.1 Å². The fourth-order valence-corrected chi connectivity index (χ4v) is 5.39. The maximum absolute atomic E-state index is 10.9. The van der Waals surface area contributed by atoms with E-state index >= 15 is 0 Å².